The molecule has 2 nitrogen and oxygen atoms in total. The van der Waals surface area contributed by atoms with Crippen molar-refractivity contribution in [2.24, 2.45) is 0 Å². The van der Waals surface area contributed by atoms with Gasteiger partial charge in [0.25, 0.3) is 0 Å². The Balaban J connectivity index is 1.91. The molecule has 0 spiro atoms. The lowest BCUT2D eigenvalue weighted by Gasteiger charge is -2.10. The van der Waals surface area contributed by atoms with Crippen LogP contribution in [0.25, 0.3) is 0 Å². The van der Waals surface area contributed by atoms with E-state index in [1.165, 1.54) is 18.4 Å². The van der Waals surface area contributed by atoms with Crippen LogP contribution in [0.3, 0.4) is 0 Å². The van der Waals surface area contributed by atoms with Crippen molar-refractivity contribution in [2.45, 2.75) is 38.8 Å². The Morgan fingerprint density at radius 3 is 2.77 bits per heavy atom. The number of hydrogen-bond acceptors (Lipinski definition) is 2. The molecule has 1 aliphatic carbocycles. The molecule has 2 rings (SSSR count). The molecule has 70 valence electrons. The van der Waals surface area contributed by atoms with Crippen molar-refractivity contribution >= 4 is 0 Å². The van der Waals surface area contributed by atoms with Gasteiger partial charge in [0, 0.05) is 18.3 Å². The highest BCUT2D eigenvalue weighted by Gasteiger charge is 2.36. The van der Waals surface area contributed by atoms with Gasteiger partial charge < -0.3 is 5.32 Å². The minimum Gasteiger partial charge on any atom is -0.306 e. The number of aryl methyl sites for hydroxylation is 1. The van der Waals surface area contributed by atoms with Crippen LogP contribution < -0.4 is 5.32 Å². The zero-order chi connectivity index (χ0) is 9.31. The summed E-state index contributed by atoms with van der Waals surface area (Å²) in [4.78, 5) is 4.35. The Morgan fingerprint density at radius 2 is 2.23 bits per heavy atom. The van der Waals surface area contributed by atoms with E-state index < -0.39 is 0 Å². The third-order valence-corrected chi connectivity index (χ3v) is 2.67. The number of pyridine rings is 1. The van der Waals surface area contributed by atoms with Crippen molar-refractivity contribution in [1.29, 1.82) is 0 Å². The van der Waals surface area contributed by atoms with Crippen molar-refractivity contribution in [3.05, 3.63) is 29.6 Å². The first-order chi connectivity index (χ1) is 6.18. The molecule has 0 aromatic carbocycles. The molecule has 0 amide bonds. The Hall–Kier alpha value is -0.890. The maximum absolute atomic E-state index is 4.35. The van der Waals surface area contributed by atoms with Crippen LogP contribution >= 0.6 is 0 Å². The van der Waals surface area contributed by atoms with E-state index in [0.717, 1.165) is 12.2 Å². The van der Waals surface area contributed by atoms with Crippen LogP contribution in [0.4, 0.5) is 0 Å². The molecule has 0 unspecified atom stereocenters. The van der Waals surface area contributed by atoms with E-state index in [-0.39, 0.29) is 0 Å². The molecule has 0 radical (unpaired) electrons. The molecule has 1 aromatic rings. The summed E-state index contributed by atoms with van der Waals surface area (Å²) in [6.07, 6.45) is 4.53. The molecule has 0 bridgehead atoms. The minimum absolute atomic E-state index is 0.409. The van der Waals surface area contributed by atoms with Crippen LogP contribution in [0, 0.1) is 6.92 Å². The molecular formula is C11H16N2. The van der Waals surface area contributed by atoms with Gasteiger partial charge in [-0.05, 0) is 38.3 Å². The van der Waals surface area contributed by atoms with Gasteiger partial charge in [-0.3, -0.25) is 4.98 Å². The third-order valence-electron chi connectivity index (χ3n) is 2.67. The summed E-state index contributed by atoms with van der Waals surface area (Å²) in [7, 11) is 0. The SMILES string of the molecule is Cc1ccc(CNC2(C)CC2)nc1. The summed E-state index contributed by atoms with van der Waals surface area (Å²) in [5.41, 5.74) is 2.77. The Labute approximate surface area is 79.4 Å². The van der Waals surface area contributed by atoms with Gasteiger partial charge in [-0.15, -0.1) is 0 Å². The van der Waals surface area contributed by atoms with E-state index >= 15 is 0 Å². The lowest BCUT2D eigenvalue weighted by atomic mass is 10.2. The van der Waals surface area contributed by atoms with Gasteiger partial charge in [0.15, 0.2) is 0 Å². The standard InChI is InChI=1S/C11H16N2/c1-9-3-4-10(12-7-9)8-13-11(2)5-6-11/h3-4,7,13H,5-6,8H2,1-2H3. The highest BCUT2D eigenvalue weighted by Crippen LogP contribution is 2.34. The lowest BCUT2D eigenvalue weighted by Crippen LogP contribution is -2.27. The second kappa shape index (κ2) is 3.11. The molecule has 1 saturated carbocycles. The second-order valence-corrected chi connectivity index (χ2v) is 4.24. The second-order valence-electron chi connectivity index (χ2n) is 4.24. The van der Waals surface area contributed by atoms with Gasteiger partial charge in [-0.1, -0.05) is 6.07 Å². The third kappa shape index (κ3) is 2.28. The Kier molecular flexibility index (Phi) is 2.08. The van der Waals surface area contributed by atoms with Crippen LogP contribution in [-0.4, -0.2) is 10.5 Å². The maximum atomic E-state index is 4.35. The fourth-order valence-corrected chi connectivity index (χ4v) is 1.27. The summed E-state index contributed by atoms with van der Waals surface area (Å²) in [5.74, 6) is 0. The first-order valence-electron chi connectivity index (χ1n) is 4.85. The van der Waals surface area contributed by atoms with Gasteiger partial charge in [0.1, 0.15) is 0 Å². The van der Waals surface area contributed by atoms with Crippen LogP contribution in [-0.2, 0) is 6.54 Å². The molecule has 1 aliphatic rings. The van der Waals surface area contributed by atoms with E-state index in [9.17, 15) is 0 Å². The molecule has 2 heteroatoms. The first kappa shape index (κ1) is 8.70. The predicted octanol–water partition coefficient (Wildman–Crippen LogP) is 2.03. The molecule has 13 heavy (non-hydrogen) atoms. The van der Waals surface area contributed by atoms with Crippen LogP contribution in [0.5, 0.6) is 0 Å². The highest BCUT2D eigenvalue weighted by atomic mass is 15.0. The van der Waals surface area contributed by atoms with Crippen LogP contribution in [0.1, 0.15) is 31.0 Å². The summed E-state index contributed by atoms with van der Waals surface area (Å²) in [5, 5.41) is 3.51. The van der Waals surface area contributed by atoms with E-state index in [0.29, 0.717) is 5.54 Å². The van der Waals surface area contributed by atoms with Gasteiger partial charge in [-0.25, -0.2) is 0 Å². The molecule has 0 saturated heterocycles. The zero-order valence-corrected chi connectivity index (χ0v) is 8.30. The number of rotatable bonds is 3. The molecule has 1 heterocycles. The van der Waals surface area contributed by atoms with Gasteiger partial charge in [0.2, 0.25) is 0 Å². The van der Waals surface area contributed by atoms with Crippen molar-refractivity contribution in [3.8, 4) is 0 Å². The van der Waals surface area contributed by atoms with E-state index in [1.54, 1.807) is 0 Å². The smallest absolute Gasteiger partial charge is 0.0542 e. The van der Waals surface area contributed by atoms with Gasteiger partial charge in [0.05, 0.1) is 5.69 Å². The Morgan fingerprint density at radius 1 is 1.46 bits per heavy atom. The van der Waals surface area contributed by atoms with Crippen molar-refractivity contribution in [1.82, 2.24) is 10.3 Å². The largest absolute Gasteiger partial charge is 0.306 e. The highest BCUT2D eigenvalue weighted by molar-refractivity contribution is 5.12. The molecule has 0 aliphatic heterocycles. The summed E-state index contributed by atoms with van der Waals surface area (Å²) in [6, 6.07) is 4.20. The minimum atomic E-state index is 0.409. The number of hydrogen-bond donors (Lipinski definition) is 1. The van der Waals surface area contributed by atoms with Crippen molar-refractivity contribution < 1.29 is 0 Å². The van der Waals surface area contributed by atoms with Gasteiger partial charge >= 0.3 is 0 Å². The van der Waals surface area contributed by atoms with Crippen molar-refractivity contribution in [3.63, 3.8) is 0 Å². The van der Waals surface area contributed by atoms with Crippen LogP contribution in [0.15, 0.2) is 18.3 Å². The van der Waals surface area contributed by atoms with E-state index in [2.05, 4.69) is 36.3 Å². The summed E-state index contributed by atoms with van der Waals surface area (Å²) < 4.78 is 0. The summed E-state index contributed by atoms with van der Waals surface area (Å²) in [6.45, 7) is 5.23. The average Bonchev–Trinajstić information content (AvgIpc) is 2.84. The Bertz CT molecular complexity index is 285. The van der Waals surface area contributed by atoms with E-state index in [4.69, 9.17) is 0 Å². The number of nitrogens with zero attached hydrogens (tertiary/aromatic N) is 1. The molecule has 0 atom stereocenters. The normalized spacial score (nSPS) is 18.6. The topological polar surface area (TPSA) is 24.9 Å². The quantitative estimate of drug-likeness (QED) is 0.762. The fourth-order valence-electron chi connectivity index (χ4n) is 1.27. The molecule has 1 N–H and O–H groups in total. The molecular weight excluding hydrogens is 160 g/mol. The van der Waals surface area contributed by atoms with Crippen molar-refractivity contribution in [2.75, 3.05) is 0 Å². The zero-order valence-electron chi connectivity index (χ0n) is 8.30. The maximum Gasteiger partial charge on any atom is 0.0542 e. The number of aromatic nitrogens is 1. The molecule has 1 aromatic heterocycles. The fraction of sp³-hybridized carbons (Fsp3) is 0.545. The number of nitrogens with one attached hydrogen (secondary N) is 1. The van der Waals surface area contributed by atoms with Gasteiger partial charge in [-0.2, -0.15) is 0 Å². The first-order valence-corrected chi connectivity index (χ1v) is 4.85. The lowest BCUT2D eigenvalue weighted by molar-refractivity contribution is 0.532. The molecule has 1 fully saturated rings. The van der Waals surface area contributed by atoms with E-state index in [1.807, 2.05) is 6.20 Å². The monoisotopic (exact) mass is 176 g/mol. The van der Waals surface area contributed by atoms with Crippen LogP contribution in [0.2, 0.25) is 0 Å². The predicted molar refractivity (Wildman–Crippen MR) is 53.5 cm³/mol. The summed E-state index contributed by atoms with van der Waals surface area (Å²) >= 11 is 0. The average molecular weight is 176 g/mol.